The minimum absolute atomic E-state index is 0.0477. The van der Waals surface area contributed by atoms with Crippen molar-refractivity contribution in [1.82, 2.24) is 10.2 Å². The van der Waals surface area contributed by atoms with Gasteiger partial charge in [0.05, 0.1) is 5.41 Å². The van der Waals surface area contributed by atoms with Crippen LogP contribution in [0.4, 0.5) is 0 Å². The fourth-order valence-electron chi connectivity index (χ4n) is 4.85. The van der Waals surface area contributed by atoms with Gasteiger partial charge in [-0.15, -0.1) is 0 Å². The highest BCUT2D eigenvalue weighted by atomic mass is 16.2. The van der Waals surface area contributed by atoms with Crippen LogP contribution in [0.3, 0.4) is 0 Å². The van der Waals surface area contributed by atoms with Crippen LogP contribution in [0.5, 0.6) is 0 Å². The van der Waals surface area contributed by atoms with Crippen molar-refractivity contribution in [3.05, 3.63) is 60.2 Å². The van der Waals surface area contributed by atoms with Gasteiger partial charge in [0.1, 0.15) is 0 Å². The predicted molar refractivity (Wildman–Crippen MR) is 115 cm³/mol. The van der Waals surface area contributed by atoms with E-state index in [0.717, 1.165) is 44.2 Å². The van der Waals surface area contributed by atoms with Gasteiger partial charge in [0.25, 0.3) is 0 Å². The van der Waals surface area contributed by atoms with E-state index in [2.05, 4.69) is 29.6 Å². The van der Waals surface area contributed by atoms with Crippen molar-refractivity contribution in [2.75, 3.05) is 20.1 Å². The van der Waals surface area contributed by atoms with E-state index in [-0.39, 0.29) is 17.7 Å². The van der Waals surface area contributed by atoms with Gasteiger partial charge in [0, 0.05) is 26.1 Å². The first-order valence-corrected chi connectivity index (χ1v) is 10.8. The lowest BCUT2D eigenvalue weighted by molar-refractivity contribution is -0.146. The van der Waals surface area contributed by atoms with E-state index < -0.39 is 5.41 Å². The molecule has 0 spiro atoms. The molecule has 4 heteroatoms. The Kier molecular flexibility index (Phi) is 5.70. The molecule has 2 amide bonds. The maximum absolute atomic E-state index is 13.1. The molecule has 2 aromatic rings. The first-order valence-electron chi connectivity index (χ1n) is 10.8. The normalized spacial score (nSPS) is 22.0. The molecule has 1 atom stereocenters. The van der Waals surface area contributed by atoms with Crippen LogP contribution in [0.1, 0.15) is 37.7 Å². The summed E-state index contributed by atoms with van der Waals surface area (Å²) in [7, 11) is 1.71. The molecule has 1 aliphatic carbocycles. The number of nitrogens with zero attached hydrogens (tertiary/aromatic N) is 1. The summed E-state index contributed by atoms with van der Waals surface area (Å²) in [5, 5.41) is 2.89. The molecule has 4 rings (SSSR count). The minimum atomic E-state index is -0.572. The Balaban J connectivity index is 1.65. The molecular weight excluding hydrogens is 360 g/mol. The maximum Gasteiger partial charge on any atom is 0.228 e. The lowest BCUT2D eigenvalue weighted by Gasteiger charge is -2.43. The Morgan fingerprint density at radius 3 is 2.45 bits per heavy atom. The van der Waals surface area contributed by atoms with Gasteiger partial charge >= 0.3 is 0 Å². The highest BCUT2D eigenvalue weighted by molar-refractivity contribution is 5.86. The monoisotopic (exact) mass is 390 g/mol. The van der Waals surface area contributed by atoms with Crippen LogP contribution in [-0.4, -0.2) is 36.9 Å². The summed E-state index contributed by atoms with van der Waals surface area (Å²) in [5.41, 5.74) is 2.92. The molecule has 1 saturated carbocycles. The molecule has 0 aromatic heterocycles. The highest BCUT2D eigenvalue weighted by Gasteiger charge is 2.44. The molecule has 0 unspecified atom stereocenters. The third kappa shape index (κ3) is 3.93. The SMILES string of the molecule is CNC(=O)[C@]1(Cc2ccccc2-c2ccccc2)CCCN(C(=O)C2CCC2)C1. The highest BCUT2D eigenvalue weighted by Crippen LogP contribution is 2.39. The molecule has 2 aromatic carbocycles. The van der Waals surface area contributed by atoms with Gasteiger partial charge in [-0.05, 0) is 48.8 Å². The summed E-state index contributed by atoms with van der Waals surface area (Å²) >= 11 is 0. The Morgan fingerprint density at radius 2 is 1.76 bits per heavy atom. The number of nitrogens with one attached hydrogen (secondary N) is 1. The molecule has 1 N–H and O–H groups in total. The number of hydrogen-bond acceptors (Lipinski definition) is 2. The van der Waals surface area contributed by atoms with Crippen molar-refractivity contribution < 1.29 is 9.59 Å². The summed E-state index contributed by atoms with van der Waals surface area (Å²) in [5.74, 6) is 0.471. The van der Waals surface area contributed by atoms with Gasteiger partial charge < -0.3 is 10.2 Å². The van der Waals surface area contributed by atoms with Gasteiger partial charge in [0.15, 0.2) is 0 Å². The molecule has 1 saturated heterocycles. The van der Waals surface area contributed by atoms with Crippen LogP contribution in [-0.2, 0) is 16.0 Å². The van der Waals surface area contributed by atoms with Crippen molar-refractivity contribution in [2.45, 2.75) is 38.5 Å². The Hall–Kier alpha value is -2.62. The Bertz CT molecular complexity index is 875. The molecule has 152 valence electrons. The van der Waals surface area contributed by atoms with Gasteiger partial charge in [-0.3, -0.25) is 9.59 Å². The summed E-state index contributed by atoms with van der Waals surface area (Å²) in [4.78, 5) is 28.0. The van der Waals surface area contributed by atoms with Gasteiger partial charge in [-0.25, -0.2) is 0 Å². The molecule has 0 radical (unpaired) electrons. The molecule has 0 bridgehead atoms. The second-order valence-electron chi connectivity index (χ2n) is 8.55. The second-order valence-corrected chi connectivity index (χ2v) is 8.55. The van der Waals surface area contributed by atoms with Crippen LogP contribution in [0.2, 0.25) is 0 Å². The molecule has 4 nitrogen and oxygen atoms in total. The van der Waals surface area contributed by atoms with E-state index in [9.17, 15) is 9.59 Å². The molecule has 2 aliphatic rings. The average molecular weight is 391 g/mol. The standard InChI is InChI=1S/C25H30N2O2/c1-26-24(29)25(15-8-16-27(18-25)23(28)20-12-7-13-20)17-21-11-5-6-14-22(21)19-9-3-2-4-10-19/h2-6,9-11,14,20H,7-8,12-13,15-18H2,1H3,(H,26,29)/t25-/m0/s1. The molecule has 29 heavy (non-hydrogen) atoms. The van der Waals surface area contributed by atoms with E-state index in [1.54, 1.807) is 7.05 Å². The number of piperidine rings is 1. The van der Waals surface area contributed by atoms with Crippen LogP contribution in [0.25, 0.3) is 11.1 Å². The second kappa shape index (κ2) is 8.40. The van der Waals surface area contributed by atoms with Crippen LogP contribution >= 0.6 is 0 Å². The zero-order valence-electron chi connectivity index (χ0n) is 17.2. The first-order chi connectivity index (χ1) is 14.1. The summed E-state index contributed by atoms with van der Waals surface area (Å²) in [6.45, 7) is 1.29. The zero-order chi connectivity index (χ0) is 20.3. The number of hydrogen-bond donors (Lipinski definition) is 1. The summed E-state index contributed by atoms with van der Waals surface area (Å²) in [6, 6.07) is 18.7. The van der Waals surface area contributed by atoms with E-state index in [0.29, 0.717) is 13.0 Å². The molecule has 1 aliphatic heterocycles. The fraction of sp³-hybridized carbons (Fsp3) is 0.440. The van der Waals surface area contributed by atoms with Gasteiger partial charge in [0.2, 0.25) is 11.8 Å². The Labute approximate surface area is 173 Å². The van der Waals surface area contributed by atoms with E-state index in [1.165, 1.54) is 11.1 Å². The number of rotatable bonds is 5. The largest absolute Gasteiger partial charge is 0.359 e. The number of carbonyl (C=O) groups excluding carboxylic acids is 2. The third-order valence-electron chi connectivity index (χ3n) is 6.68. The van der Waals surface area contributed by atoms with Crippen molar-refractivity contribution in [3.63, 3.8) is 0 Å². The topological polar surface area (TPSA) is 49.4 Å². The van der Waals surface area contributed by atoms with Gasteiger partial charge in [-0.1, -0.05) is 61.0 Å². The lowest BCUT2D eigenvalue weighted by Crippen LogP contribution is -2.55. The minimum Gasteiger partial charge on any atom is -0.359 e. The van der Waals surface area contributed by atoms with E-state index in [1.807, 2.05) is 35.2 Å². The van der Waals surface area contributed by atoms with Crippen molar-refractivity contribution in [3.8, 4) is 11.1 Å². The number of likely N-dealkylation sites (tertiary alicyclic amines) is 1. The van der Waals surface area contributed by atoms with E-state index >= 15 is 0 Å². The first kappa shape index (κ1) is 19.7. The van der Waals surface area contributed by atoms with Gasteiger partial charge in [-0.2, -0.15) is 0 Å². The number of carbonyl (C=O) groups is 2. The summed E-state index contributed by atoms with van der Waals surface area (Å²) in [6.07, 6.45) is 5.48. The summed E-state index contributed by atoms with van der Waals surface area (Å²) < 4.78 is 0. The lowest BCUT2D eigenvalue weighted by atomic mass is 9.72. The van der Waals surface area contributed by atoms with Crippen LogP contribution < -0.4 is 5.32 Å². The smallest absolute Gasteiger partial charge is 0.228 e. The molecule has 2 fully saturated rings. The predicted octanol–water partition coefficient (Wildman–Crippen LogP) is 4.05. The third-order valence-corrected chi connectivity index (χ3v) is 6.68. The van der Waals surface area contributed by atoms with Crippen molar-refractivity contribution in [2.24, 2.45) is 11.3 Å². The van der Waals surface area contributed by atoms with Crippen LogP contribution in [0.15, 0.2) is 54.6 Å². The number of amides is 2. The zero-order valence-corrected chi connectivity index (χ0v) is 17.2. The molecule has 1 heterocycles. The maximum atomic E-state index is 13.1. The quantitative estimate of drug-likeness (QED) is 0.837. The number of benzene rings is 2. The van der Waals surface area contributed by atoms with Crippen molar-refractivity contribution >= 4 is 11.8 Å². The van der Waals surface area contributed by atoms with E-state index in [4.69, 9.17) is 0 Å². The fourth-order valence-corrected chi connectivity index (χ4v) is 4.85. The Morgan fingerprint density at radius 1 is 1.03 bits per heavy atom. The average Bonchev–Trinajstić information content (AvgIpc) is 2.73. The molecular formula is C25H30N2O2. The van der Waals surface area contributed by atoms with Crippen molar-refractivity contribution in [1.29, 1.82) is 0 Å². The van der Waals surface area contributed by atoms with Crippen LogP contribution in [0, 0.1) is 11.3 Å².